The summed E-state index contributed by atoms with van der Waals surface area (Å²) in [5.74, 6) is -8.98. The van der Waals surface area contributed by atoms with Gasteiger partial charge >= 0.3 is 35.8 Å². The smallest absolute Gasteiger partial charge is 0.379 e. The Morgan fingerprint density at radius 1 is 0.571 bits per heavy atom. The summed E-state index contributed by atoms with van der Waals surface area (Å²) in [7, 11) is 0. The van der Waals surface area contributed by atoms with Gasteiger partial charge in [0.15, 0.2) is 0 Å². The maximum absolute atomic E-state index is 12.0. The van der Waals surface area contributed by atoms with Crippen LogP contribution in [0.5, 0.6) is 0 Å². The van der Waals surface area contributed by atoms with E-state index in [2.05, 4.69) is 26.3 Å². The van der Waals surface area contributed by atoms with Gasteiger partial charge in [0.05, 0.1) is 0 Å². The van der Waals surface area contributed by atoms with Crippen molar-refractivity contribution < 1.29 is 53.1 Å². The second-order valence-corrected chi connectivity index (χ2v) is 7.66. The molecular weight excluding hydrogens is 464 g/mol. The number of esters is 4. The largest absolute Gasteiger partial charge is 0.396 e. The Hall–Kier alpha value is -3.28. The van der Waals surface area contributed by atoms with Crippen LogP contribution in [0, 0.1) is 0 Å². The highest BCUT2D eigenvalue weighted by Crippen LogP contribution is 2.29. The first-order chi connectivity index (χ1) is 15.9. The fourth-order valence-corrected chi connectivity index (χ4v) is 1.71. The summed E-state index contributed by atoms with van der Waals surface area (Å²) in [6, 6.07) is 0. The summed E-state index contributed by atoms with van der Waals surface area (Å²) in [6.45, 7) is 21.4. The van der Waals surface area contributed by atoms with E-state index in [0.717, 1.165) is 26.7 Å². The molecule has 0 rings (SSSR count). The summed E-state index contributed by atoms with van der Waals surface area (Å²) in [4.78, 5) is 48.0. The lowest BCUT2D eigenvalue weighted by Crippen LogP contribution is -2.51. The van der Waals surface area contributed by atoms with Crippen LogP contribution in [-0.2, 0) is 42.9 Å². The highest BCUT2D eigenvalue weighted by atomic mass is 17.0. The van der Waals surface area contributed by atoms with Crippen molar-refractivity contribution in [2.45, 2.75) is 66.3 Å². The molecule has 0 aliphatic rings. The van der Waals surface area contributed by atoms with Crippen LogP contribution < -0.4 is 0 Å². The highest BCUT2D eigenvalue weighted by molar-refractivity contribution is 5.89. The lowest BCUT2D eigenvalue weighted by Gasteiger charge is -2.36. The summed E-state index contributed by atoms with van der Waals surface area (Å²) in [6.07, 6.45) is 1.44. The number of unbranched alkanes of at least 4 members (excludes halogenated alkanes) is 1. The zero-order valence-electron chi connectivity index (χ0n) is 21.2. The van der Waals surface area contributed by atoms with E-state index in [-0.39, 0.29) is 35.5 Å². The van der Waals surface area contributed by atoms with Gasteiger partial charge in [0.1, 0.15) is 0 Å². The van der Waals surface area contributed by atoms with Gasteiger partial charge in [-0.15, -0.1) is 0 Å². The van der Waals surface area contributed by atoms with E-state index < -0.39 is 35.8 Å². The summed E-state index contributed by atoms with van der Waals surface area (Å²) in [5, 5.41) is 16.2. The van der Waals surface area contributed by atoms with Crippen LogP contribution in [0.15, 0.2) is 48.6 Å². The molecule has 0 unspecified atom stereocenters. The average Bonchev–Trinajstić information content (AvgIpc) is 2.71. The van der Waals surface area contributed by atoms with Gasteiger partial charge in [-0.3, -0.25) is 0 Å². The molecule has 0 atom stereocenters. The van der Waals surface area contributed by atoms with Crippen LogP contribution in [0.1, 0.15) is 54.4 Å². The van der Waals surface area contributed by atoms with Crippen LogP contribution in [0.2, 0.25) is 0 Å². The van der Waals surface area contributed by atoms with Gasteiger partial charge in [0.25, 0.3) is 0 Å². The maximum Gasteiger partial charge on any atom is 0.379 e. The predicted molar refractivity (Wildman–Crippen MR) is 125 cm³/mol. The topological polar surface area (TPSA) is 155 Å². The summed E-state index contributed by atoms with van der Waals surface area (Å²) in [5.41, 5.74) is -0.201. The minimum absolute atomic E-state index is 0.0502. The Kier molecular flexibility index (Phi) is 15.1. The fourth-order valence-electron chi connectivity index (χ4n) is 1.71. The van der Waals surface area contributed by atoms with Crippen LogP contribution in [0.4, 0.5) is 0 Å². The molecule has 0 saturated carbocycles. The van der Waals surface area contributed by atoms with Gasteiger partial charge in [-0.25, -0.2) is 23.9 Å². The number of hydrogen-bond donors (Lipinski definition) is 2. The Morgan fingerprint density at radius 3 is 0.914 bits per heavy atom. The second-order valence-electron chi connectivity index (χ2n) is 7.66. The molecule has 198 valence electrons. The van der Waals surface area contributed by atoms with Crippen molar-refractivity contribution in [2.75, 3.05) is 13.2 Å². The summed E-state index contributed by atoms with van der Waals surface area (Å²) >= 11 is 0. The third-order valence-electron chi connectivity index (χ3n) is 3.44. The molecule has 0 bridgehead atoms. The number of aliphatic hydroxyl groups excluding tert-OH is 2. The average molecular weight is 501 g/mol. The zero-order valence-corrected chi connectivity index (χ0v) is 21.2. The van der Waals surface area contributed by atoms with E-state index in [1.807, 2.05) is 0 Å². The van der Waals surface area contributed by atoms with Crippen molar-refractivity contribution in [1.82, 2.24) is 0 Å². The van der Waals surface area contributed by atoms with Crippen molar-refractivity contribution in [3.63, 3.8) is 0 Å². The second kappa shape index (κ2) is 15.6. The standard InChI is InChI=1S/C20H26O9.C4H10O2/c1-11(2)15(21)25-19(9,26-16(22)12(3)4)29-20(10,27-17(23)13(5)6)28-18(24)14(7)8;5-3-1-2-4-6/h1,3,5,7H2,2,4,6,8-10H3;5-6H,1-4H2. The molecule has 0 aromatic heterocycles. The lowest BCUT2D eigenvalue weighted by atomic mass is 10.3. The van der Waals surface area contributed by atoms with Gasteiger partial charge in [-0.1, -0.05) is 26.3 Å². The minimum atomic E-state index is -2.49. The van der Waals surface area contributed by atoms with Crippen LogP contribution in [0.3, 0.4) is 0 Å². The molecule has 0 amide bonds. The zero-order chi connectivity index (χ0) is 28.0. The van der Waals surface area contributed by atoms with E-state index >= 15 is 0 Å². The predicted octanol–water partition coefficient (Wildman–Crippen LogP) is 2.58. The molecule has 0 aromatic rings. The van der Waals surface area contributed by atoms with Crippen molar-refractivity contribution in [3.05, 3.63) is 48.6 Å². The quantitative estimate of drug-likeness (QED) is 0.166. The van der Waals surface area contributed by atoms with Crippen molar-refractivity contribution in [2.24, 2.45) is 0 Å². The highest BCUT2D eigenvalue weighted by Gasteiger charge is 2.48. The first-order valence-electron chi connectivity index (χ1n) is 10.4. The van der Waals surface area contributed by atoms with Gasteiger partial charge in [-0.05, 0) is 40.5 Å². The first kappa shape index (κ1) is 33.9. The summed E-state index contributed by atoms with van der Waals surface area (Å²) < 4.78 is 25.5. The number of rotatable bonds is 13. The molecule has 0 heterocycles. The van der Waals surface area contributed by atoms with E-state index in [1.54, 1.807) is 0 Å². The molecule has 0 aromatic carbocycles. The number of carbonyl (C=O) groups excluding carboxylic acids is 4. The van der Waals surface area contributed by atoms with Crippen molar-refractivity contribution >= 4 is 23.9 Å². The van der Waals surface area contributed by atoms with Crippen molar-refractivity contribution in [1.29, 1.82) is 0 Å². The molecule has 0 aliphatic carbocycles. The number of hydrogen-bond acceptors (Lipinski definition) is 11. The molecule has 0 radical (unpaired) electrons. The molecule has 0 fully saturated rings. The van der Waals surface area contributed by atoms with E-state index in [0.29, 0.717) is 0 Å². The normalized spacial score (nSPS) is 10.6. The van der Waals surface area contributed by atoms with E-state index in [9.17, 15) is 19.2 Å². The molecule has 11 nitrogen and oxygen atoms in total. The third kappa shape index (κ3) is 14.6. The van der Waals surface area contributed by atoms with E-state index in [1.165, 1.54) is 27.7 Å². The maximum atomic E-state index is 12.0. The van der Waals surface area contributed by atoms with Gasteiger partial charge in [-0.2, -0.15) is 0 Å². The van der Waals surface area contributed by atoms with Crippen LogP contribution >= 0.6 is 0 Å². The van der Waals surface area contributed by atoms with Crippen LogP contribution in [0.25, 0.3) is 0 Å². The number of ether oxygens (including phenoxy) is 5. The fraction of sp³-hybridized carbons (Fsp3) is 0.500. The molecule has 2 N–H and O–H groups in total. The van der Waals surface area contributed by atoms with Gasteiger partial charge < -0.3 is 29.2 Å². The number of carbonyl (C=O) groups is 4. The van der Waals surface area contributed by atoms with Gasteiger partial charge in [0.2, 0.25) is 0 Å². The molecule has 0 spiro atoms. The van der Waals surface area contributed by atoms with Gasteiger partial charge in [0, 0.05) is 49.4 Å². The Bertz CT molecular complexity index is 714. The lowest BCUT2D eigenvalue weighted by molar-refractivity contribution is -0.451. The monoisotopic (exact) mass is 500 g/mol. The molecule has 0 saturated heterocycles. The SMILES string of the molecule is C=C(C)C(=O)OC(C)(OC(=O)C(=C)C)OC(C)(OC(=O)C(=C)C)OC(=O)C(=C)C.OCCCCO. The molecular formula is C24H36O11. The Labute approximate surface area is 205 Å². The van der Waals surface area contributed by atoms with E-state index in [4.69, 9.17) is 33.9 Å². The van der Waals surface area contributed by atoms with Crippen LogP contribution in [-0.4, -0.2) is 59.3 Å². The number of aliphatic hydroxyl groups is 2. The Balaban J connectivity index is 0. The molecule has 11 heteroatoms. The first-order valence-corrected chi connectivity index (χ1v) is 10.4. The molecule has 35 heavy (non-hydrogen) atoms. The Morgan fingerprint density at radius 2 is 0.771 bits per heavy atom. The molecule has 0 aliphatic heterocycles. The van der Waals surface area contributed by atoms with Crippen molar-refractivity contribution in [3.8, 4) is 0 Å². The third-order valence-corrected chi connectivity index (χ3v) is 3.44. The minimum Gasteiger partial charge on any atom is -0.396 e.